The maximum absolute atomic E-state index is 13.2. The molecule has 0 saturated carbocycles. The molecule has 0 atom stereocenters. The topological polar surface area (TPSA) is 42.0 Å². The molecule has 3 aromatic rings. The molecule has 0 saturated heterocycles. The minimum Gasteiger partial charge on any atom is -0.298 e. The van der Waals surface area contributed by atoms with E-state index in [9.17, 15) is 13.6 Å². The van der Waals surface area contributed by atoms with Crippen LogP contribution in [0.5, 0.6) is 0 Å². The predicted octanol–water partition coefficient (Wildman–Crippen LogP) is 4.69. The monoisotopic (exact) mass is 350 g/mol. The lowest BCUT2D eigenvalue weighted by Crippen LogP contribution is -2.11. The second-order valence-electron chi connectivity index (χ2n) is 4.84. The molecular formula is C16H12F2N2OS2. The SMILES string of the molecule is CSCc1ccc(C(=O)Nc2nc3cc(F)c(F)cc3s2)cc1. The number of nitrogens with one attached hydrogen (secondary N) is 1. The molecule has 118 valence electrons. The van der Waals surface area contributed by atoms with Gasteiger partial charge in [-0.25, -0.2) is 13.8 Å². The highest BCUT2D eigenvalue weighted by molar-refractivity contribution is 7.97. The normalized spacial score (nSPS) is 10.9. The molecule has 3 rings (SSSR count). The smallest absolute Gasteiger partial charge is 0.257 e. The van der Waals surface area contributed by atoms with Crippen molar-refractivity contribution in [3.05, 3.63) is 59.2 Å². The molecule has 1 aromatic heterocycles. The Morgan fingerprint density at radius 2 is 1.91 bits per heavy atom. The Balaban J connectivity index is 1.79. The molecule has 0 fully saturated rings. The summed E-state index contributed by atoms with van der Waals surface area (Å²) >= 11 is 2.81. The summed E-state index contributed by atoms with van der Waals surface area (Å²) in [7, 11) is 0. The molecule has 1 heterocycles. The number of anilines is 1. The molecule has 2 aromatic carbocycles. The second kappa shape index (κ2) is 6.64. The lowest BCUT2D eigenvalue weighted by atomic mass is 10.1. The van der Waals surface area contributed by atoms with Crippen LogP contribution in [0.3, 0.4) is 0 Å². The molecule has 0 spiro atoms. The summed E-state index contributed by atoms with van der Waals surface area (Å²) in [4.78, 5) is 16.3. The van der Waals surface area contributed by atoms with E-state index in [2.05, 4.69) is 10.3 Å². The fourth-order valence-corrected chi connectivity index (χ4v) is 3.46. The van der Waals surface area contributed by atoms with E-state index in [1.807, 2.05) is 18.4 Å². The van der Waals surface area contributed by atoms with Gasteiger partial charge in [0, 0.05) is 17.4 Å². The lowest BCUT2D eigenvalue weighted by molar-refractivity contribution is 0.102. The minimum atomic E-state index is -0.954. The number of amides is 1. The van der Waals surface area contributed by atoms with E-state index in [4.69, 9.17) is 0 Å². The number of thioether (sulfide) groups is 1. The zero-order valence-electron chi connectivity index (χ0n) is 12.1. The van der Waals surface area contributed by atoms with Gasteiger partial charge in [-0.2, -0.15) is 11.8 Å². The molecule has 0 unspecified atom stereocenters. The van der Waals surface area contributed by atoms with Crippen LogP contribution in [-0.2, 0) is 5.75 Å². The van der Waals surface area contributed by atoms with Crippen molar-refractivity contribution in [2.24, 2.45) is 0 Å². The van der Waals surface area contributed by atoms with Crippen LogP contribution in [0.1, 0.15) is 15.9 Å². The standard InChI is InChI=1S/C16H12F2N2OS2/c1-22-8-9-2-4-10(5-3-9)15(21)20-16-19-13-6-11(17)12(18)7-14(13)23-16/h2-7H,8H2,1H3,(H,19,20,21). The van der Waals surface area contributed by atoms with E-state index in [1.54, 1.807) is 23.9 Å². The fraction of sp³-hybridized carbons (Fsp3) is 0.125. The first-order valence-electron chi connectivity index (χ1n) is 6.71. The molecule has 23 heavy (non-hydrogen) atoms. The molecule has 1 N–H and O–H groups in total. The van der Waals surface area contributed by atoms with Crippen molar-refractivity contribution < 1.29 is 13.6 Å². The summed E-state index contributed by atoms with van der Waals surface area (Å²) < 4.78 is 26.9. The first-order chi connectivity index (χ1) is 11.1. The van der Waals surface area contributed by atoms with Crippen molar-refractivity contribution in [1.29, 1.82) is 0 Å². The summed E-state index contributed by atoms with van der Waals surface area (Å²) in [5, 5.41) is 2.96. The van der Waals surface area contributed by atoms with Crippen LogP contribution in [0.2, 0.25) is 0 Å². The quantitative estimate of drug-likeness (QED) is 0.742. The third-order valence-electron chi connectivity index (χ3n) is 3.18. The van der Waals surface area contributed by atoms with Crippen LogP contribution in [0.15, 0.2) is 36.4 Å². The Morgan fingerprint density at radius 1 is 1.22 bits per heavy atom. The largest absolute Gasteiger partial charge is 0.298 e. The van der Waals surface area contributed by atoms with Crippen LogP contribution >= 0.6 is 23.1 Å². The van der Waals surface area contributed by atoms with Crippen LogP contribution in [0.4, 0.5) is 13.9 Å². The number of carbonyl (C=O) groups excluding carboxylic acids is 1. The van der Waals surface area contributed by atoms with E-state index in [0.717, 1.165) is 34.8 Å². The van der Waals surface area contributed by atoms with Crippen molar-refractivity contribution in [2.75, 3.05) is 11.6 Å². The summed E-state index contributed by atoms with van der Waals surface area (Å²) in [5.74, 6) is -1.30. The van der Waals surface area contributed by atoms with Crippen molar-refractivity contribution in [2.45, 2.75) is 5.75 Å². The Kier molecular flexibility index (Phi) is 4.58. The number of nitrogens with zero attached hydrogens (tertiary/aromatic N) is 1. The lowest BCUT2D eigenvalue weighted by Gasteiger charge is -2.03. The number of thiazole rings is 1. The van der Waals surface area contributed by atoms with Gasteiger partial charge in [0.1, 0.15) is 0 Å². The number of carbonyl (C=O) groups is 1. The number of aromatic nitrogens is 1. The first kappa shape index (κ1) is 15.9. The third kappa shape index (κ3) is 3.51. The second-order valence-corrected chi connectivity index (χ2v) is 6.73. The highest BCUT2D eigenvalue weighted by Gasteiger charge is 2.12. The Bertz CT molecular complexity index is 823. The van der Waals surface area contributed by atoms with E-state index < -0.39 is 11.6 Å². The van der Waals surface area contributed by atoms with E-state index in [1.165, 1.54) is 0 Å². The Hall–Kier alpha value is -1.99. The number of benzene rings is 2. The highest BCUT2D eigenvalue weighted by atomic mass is 32.2. The molecule has 1 amide bonds. The van der Waals surface area contributed by atoms with Crippen molar-refractivity contribution >= 4 is 44.4 Å². The van der Waals surface area contributed by atoms with Gasteiger partial charge in [-0.05, 0) is 30.0 Å². The summed E-state index contributed by atoms with van der Waals surface area (Å²) in [6.45, 7) is 0. The molecule has 7 heteroatoms. The van der Waals surface area contributed by atoms with Crippen LogP contribution in [-0.4, -0.2) is 17.1 Å². The number of halogens is 2. The molecule has 0 aliphatic carbocycles. The average Bonchev–Trinajstić information content (AvgIpc) is 2.90. The van der Waals surface area contributed by atoms with Gasteiger partial charge in [0.05, 0.1) is 10.2 Å². The summed E-state index contributed by atoms with van der Waals surface area (Å²) in [6.07, 6.45) is 2.01. The van der Waals surface area contributed by atoms with Crippen LogP contribution in [0, 0.1) is 11.6 Å². The van der Waals surface area contributed by atoms with Gasteiger partial charge >= 0.3 is 0 Å². The van der Waals surface area contributed by atoms with Gasteiger partial charge in [-0.3, -0.25) is 10.1 Å². The fourth-order valence-electron chi connectivity index (χ4n) is 2.07. The van der Waals surface area contributed by atoms with Gasteiger partial charge in [-0.1, -0.05) is 23.5 Å². The van der Waals surface area contributed by atoms with Gasteiger partial charge in [-0.15, -0.1) is 0 Å². The van der Waals surface area contributed by atoms with Gasteiger partial charge < -0.3 is 0 Å². The Morgan fingerprint density at radius 3 is 2.61 bits per heavy atom. The van der Waals surface area contributed by atoms with Gasteiger partial charge in [0.15, 0.2) is 16.8 Å². The molecule has 0 aliphatic heterocycles. The number of rotatable bonds is 4. The van der Waals surface area contributed by atoms with Gasteiger partial charge in [0.25, 0.3) is 5.91 Å². The van der Waals surface area contributed by atoms with Crippen molar-refractivity contribution in [3.63, 3.8) is 0 Å². The summed E-state index contributed by atoms with van der Waals surface area (Å²) in [5.41, 5.74) is 1.96. The predicted molar refractivity (Wildman–Crippen MR) is 91.2 cm³/mol. The van der Waals surface area contributed by atoms with Crippen LogP contribution < -0.4 is 5.32 Å². The van der Waals surface area contributed by atoms with E-state index in [0.29, 0.717) is 20.9 Å². The summed E-state index contributed by atoms with van der Waals surface area (Å²) in [6, 6.07) is 9.38. The molecule has 0 bridgehead atoms. The first-order valence-corrected chi connectivity index (χ1v) is 8.92. The molecular weight excluding hydrogens is 338 g/mol. The third-order valence-corrected chi connectivity index (χ3v) is 4.73. The highest BCUT2D eigenvalue weighted by Crippen LogP contribution is 2.28. The maximum atomic E-state index is 13.2. The van der Waals surface area contributed by atoms with Crippen molar-refractivity contribution in [3.8, 4) is 0 Å². The van der Waals surface area contributed by atoms with E-state index >= 15 is 0 Å². The molecule has 0 aliphatic rings. The van der Waals surface area contributed by atoms with Crippen molar-refractivity contribution in [1.82, 2.24) is 4.98 Å². The zero-order valence-corrected chi connectivity index (χ0v) is 13.7. The number of hydrogen-bond acceptors (Lipinski definition) is 4. The Labute approximate surface area is 139 Å². The average molecular weight is 350 g/mol. The van der Waals surface area contributed by atoms with Gasteiger partial charge in [0.2, 0.25) is 0 Å². The molecule has 3 nitrogen and oxygen atoms in total. The number of hydrogen-bond donors (Lipinski definition) is 1. The zero-order chi connectivity index (χ0) is 16.4. The van der Waals surface area contributed by atoms with E-state index in [-0.39, 0.29) is 5.91 Å². The minimum absolute atomic E-state index is 0.305. The molecule has 0 radical (unpaired) electrons. The number of fused-ring (bicyclic) bond motifs is 1. The maximum Gasteiger partial charge on any atom is 0.257 e. The van der Waals surface area contributed by atoms with Crippen LogP contribution in [0.25, 0.3) is 10.2 Å².